The van der Waals surface area contributed by atoms with Crippen LogP contribution in [0.4, 0.5) is 0 Å². The van der Waals surface area contributed by atoms with Gasteiger partial charge in [0.05, 0.1) is 13.2 Å². The number of aliphatic hydroxyl groups excluding tert-OH is 1. The second-order valence-electron chi connectivity index (χ2n) is 7.77. The summed E-state index contributed by atoms with van der Waals surface area (Å²) in [5.74, 6) is 1.58. The third kappa shape index (κ3) is 2.44. The Labute approximate surface area is 137 Å². The molecule has 1 aliphatic heterocycles. The van der Waals surface area contributed by atoms with Crippen LogP contribution in [0.5, 0.6) is 11.5 Å². The third-order valence-corrected chi connectivity index (χ3v) is 5.93. The number of methoxy groups -OCH3 is 1. The fourth-order valence-corrected chi connectivity index (χ4v) is 4.33. The van der Waals surface area contributed by atoms with E-state index in [2.05, 4.69) is 20.8 Å². The highest BCUT2D eigenvalue weighted by Gasteiger charge is 2.54. The summed E-state index contributed by atoms with van der Waals surface area (Å²) >= 11 is 0. The molecule has 0 radical (unpaired) electrons. The van der Waals surface area contributed by atoms with E-state index in [0.29, 0.717) is 11.3 Å². The van der Waals surface area contributed by atoms with Crippen molar-refractivity contribution < 1.29 is 19.4 Å². The Kier molecular flexibility index (Phi) is 3.71. The largest absolute Gasteiger partial charge is 0.493 e. The van der Waals surface area contributed by atoms with Crippen LogP contribution >= 0.6 is 0 Å². The van der Waals surface area contributed by atoms with E-state index in [0.717, 1.165) is 30.6 Å². The highest BCUT2D eigenvalue weighted by atomic mass is 16.5. The van der Waals surface area contributed by atoms with Gasteiger partial charge < -0.3 is 14.6 Å². The average Bonchev–Trinajstić information content (AvgIpc) is 2.49. The molecule has 3 rings (SSSR count). The Morgan fingerprint density at radius 2 is 2.04 bits per heavy atom. The van der Waals surface area contributed by atoms with Gasteiger partial charge in [-0.1, -0.05) is 13.8 Å². The molecule has 0 aromatic heterocycles. The number of fused-ring (bicyclic) bond motifs is 2. The number of ketones is 1. The van der Waals surface area contributed by atoms with E-state index in [4.69, 9.17) is 9.47 Å². The molecule has 126 valence electrons. The number of benzene rings is 1. The van der Waals surface area contributed by atoms with Crippen LogP contribution in [0.2, 0.25) is 0 Å². The van der Waals surface area contributed by atoms with Crippen molar-refractivity contribution in [2.24, 2.45) is 11.3 Å². The number of hydrogen-bond acceptors (Lipinski definition) is 4. The van der Waals surface area contributed by atoms with E-state index in [1.165, 1.54) is 0 Å². The van der Waals surface area contributed by atoms with E-state index in [9.17, 15) is 9.90 Å². The molecule has 23 heavy (non-hydrogen) atoms. The molecular formula is C19H26O4. The minimum atomic E-state index is -0.330. The van der Waals surface area contributed by atoms with E-state index in [1.54, 1.807) is 20.1 Å². The summed E-state index contributed by atoms with van der Waals surface area (Å²) in [5.41, 5.74) is 1.09. The highest BCUT2D eigenvalue weighted by Crippen LogP contribution is 2.54. The topological polar surface area (TPSA) is 55.8 Å². The van der Waals surface area contributed by atoms with Gasteiger partial charge in [-0.15, -0.1) is 0 Å². The summed E-state index contributed by atoms with van der Waals surface area (Å²) < 4.78 is 11.9. The number of carbonyl (C=O) groups excluding carboxylic acids is 1. The zero-order chi connectivity index (χ0) is 17.0. The molecule has 0 unspecified atom stereocenters. The van der Waals surface area contributed by atoms with Gasteiger partial charge >= 0.3 is 0 Å². The summed E-state index contributed by atoms with van der Waals surface area (Å²) in [7, 11) is 1.60. The van der Waals surface area contributed by atoms with Crippen LogP contribution in [-0.2, 0) is 6.42 Å². The summed E-state index contributed by atoms with van der Waals surface area (Å²) in [6.45, 7) is 7.91. The fraction of sp³-hybridized carbons (Fsp3) is 0.632. The average molecular weight is 318 g/mol. The lowest BCUT2D eigenvalue weighted by Crippen LogP contribution is -2.58. The molecule has 3 atom stereocenters. The summed E-state index contributed by atoms with van der Waals surface area (Å²) in [5, 5.41) is 10.4. The molecule has 2 aliphatic rings. The lowest BCUT2D eigenvalue weighted by Gasteiger charge is -2.55. The van der Waals surface area contributed by atoms with Crippen molar-refractivity contribution in [2.75, 3.05) is 7.11 Å². The SMILES string of the molecule is COc1cc(C(C)=O)cc2c1O[C@]1(C)CC[C@@H](O)C(C)(C)[C@H]1C2. The number of ether oxygens (including phenoxy) is 2. The maximum atomic E-state index is 11.8. The molecule has 4 nitrogen and oxygen atoms in total. The first kappa shape index (κ1) is 16.3. The van der Waals surface area contributed by atoms with Crippen molar-refractivity contribution in [3.63, 3.8) is 0 Å². The maximum absolute atomic E-state index is 11.8. The van der Waals surface area contributed by atoms with Crippen molar-refractivity contribution in [2.45, 2.75) is 58.7 Å². The predicted molar refractivity (Wildman–Crippen MR) is 88.2 cm³/mol. The molecule has 1 N–H and O–H groups in total. The number of hydrogen-bond donors (Lipinski definition) is 1. The van der Waals surface area contributed by atoms with Gasteiger partial charge in [-0.3, -0.25) is 4.79 Å². The van der Waals surface area contributed by atoms with Gasteiger partial charge in [0.25, 0.3) is 0 Å². The van der Waals surface area contributed by atoms with E-state index >= 15 is 0 Å². The molecule has 1 aromatic carbocycles. The summed E-state index contributed by atoms with van der Waals surface area (Å²) in [6.07, 6.45) is 2.01. The highest BCUT2D eigenvalue weighted by molar-refractivity contribution is 5.95. The normalized spacial score (nSPS) is 31.6. The van der Waals surface area contributed by atoms with Crippen LogP contribution < -0.4 is 9.47 Å². The van der Waals surface area contributed by atoms with Crippen LogP contribution in [0.3, 0.4) is 0 Å². The van der Waals surface area contributed by atoms with Crippen LogP contribution in [0.1, 0.15) is 56.5 Å². The Hall–Kier alpha value is -1.55. The molecule has 1 heterocycles. The molecule has 1 aromatic rings. The standard InChI is InChI=1S/C19H26O4/c1-11(20)12-8-13-10-15-18(2,3)16(21)6-7-19(15,4)23-17(13)14(9-12)22-5/h8-9,15-16,21H,6-7,10H2,1-5H3/t15-,16-,19-/m1/s1. The number of carbonyl (C=O) groups is 1. The van der Waals surface area contributed by atoms with Crippen molar-refractivity contribution >= 4 is 5.78 Å². The van der Waals surface area contributed by atoms with E-state index in [-0.39, 0.29) is 28.8 Å². The van der Waals surface area contributed by atoms with Crippen molar-refractivity contribution in [1.29, 1.82) is 0 Å². The van der Waals surface area contributed by atoms with Crippen LogP contribution in [-0.4, -0.2) is 29.7 Å². The first-order chi connectivity index (χ1) is 10.7. The van der Waals surface area contributed by atoms with Gasteiger partial charge in [-0.25, -0.2) is 0 Å². The molecule has 1 aliphatic carbocycles. The van der Waals surface area contributed by atoms with Crippen molar-refractivity contribution in [3.05, 3.63) is 23.3 Å². The molecule has 1 fully saturated rings. The monoisotopic (exact) mass is 318 g/mol. The van der Waals surface area contributed by atoms with Gasteiger partial charge in [0.2, 0.25) is 0 Å². The molecule has 1 saturated carbocycles. The zero-order valence-electron chi connectivity index (χ0n) is 14.6. The summed E-state index contributed by atoms with van der Waals surface area (Å²) in [6, 6.07) is 3.67. The molecule has 0 spiro atoms. The second kappa shape index (κ2) is 5.23. The van der Waals surface area contributed by atoms with Gasteiger partial charge in [0.1, 0.15) is 5.60 Å². The molecule has 0 bridgehead atoms. The Morgan fingerprint density at radius 1 is 1.35 bits per heavy atom. The lowest BCUT2D eigenvalue weighted by molar-refractivity contribution is -0.138. The number of rotatable bonds is 2. The summed E-state index contributed by atoms with van der Waals surface area (Å²) in [4.78, 5) is 11.8. The Balaban J connectivity index is 2.11. The minimum absolute atomic E-state index is 0.0161. The number of aliphatic hydroxyl groups is 1. The zero-order valence-corrected chi connectivity index (χ0v) is 14.6. The lowest BCUT2D eigenvalue weighted by atomic mass is 9.57. The van der Waals surface area contributed by atoms with Crippen molar-refractivity contribution in [3.8, 4) is 11.5 Å². The first-order valence-electron chi connectivity index (χ1n) is 8.28. The van der Waals surface area contributed by atoms with Gasteiger partial charge in [-0.05, 0) is 56.2 Å². The quantitative estimate of drug-likeness (QED) is 0.849. The van der Waals surface area contributed by atoms with E-state index < -0.39 is 0 Å². The van der Waals surface area contributed by atoms with Gasteiger partial charge in [0, 0.05) is 11.5 Å². The van der Waals surface area contributed by atoms with Gasteiger partial charge in [0.15, 0.2) is 17.3 Å². The van der Waals surface area contributed by atoms with Crippen LogP contribution in [0.15, 0.2) is 12.1 Å². The molecule has 0 amide bonds. The molecule has 0 saturated heterocycles. The first-order valence-corrected chi connectivity index (χ1v) is 8.28. The minimum Gasteiger partial charge on any atom is -0.493 e. The number of Topliss-reactive ketones (excluding diaryl/α,β-unsaturated/α-hetero) is 1. The fourth-order valence-electron chi connectivity index (χ4n) is 4.33. The second-order valence-corrected chi connectivity index (χ2v) is 7.77. The van der Waals surface area contributed by atoms with Crippen molar-refractivity contribution in [1.82, 2.24) is 0 Å². The van der Waals surface area contributed by atoms with Gasteiger partial charge in [-0.2, -0.15) is 0 Å². The Bertz CT molecular complexity index is 649. The predicted octanol–water partition coefficient (Wildman–Crippen LogP) is 3.39. The smallest absolute Gasteiger partial charge is 0.165 e. The Morgan fingerprint density at radius 3 is 2.65 bits per heavy atom. The third-order valence-electron chi connectivity index (χ3n) is 5.93. The van der Waals surface area contributed by atoms with Crippen LogP contribution in [0.25, 0.3) is 0 Å². The van der Waals surface area contributed by atoms with Crippen LogP contribution in [0, 0.1) is 11.3 Å². The van der Waals surface area contributed by atoms with E-state index in [1.807, 2.05) is 6.07 Å². The molecular weight excluding hydrogens is 292 g/mol. The maximum Gasteiger partial charge on any atom is 0.165 e. The molecule has 4 heteroatoms.